The SMILES string of the molecule is CCC(=O)OC(C)Cc1ccccc1C.COc1ccnc2c(=O)[nH]c(=O)oc12. The third kappa shape index (κ3) is 6.03. The van der Waals surface area contributed by atoms with E-state index in [9.17, 15) is 14.4 Å². The van der Waals surface area contributed by atoms with Crippen LogP contribution < -0.4 is 16.1 Å². The average molecular weight is 400 g/mol. The summed E-state index contributed by atoms with van der Waals surface area (Å²) in [6, 6.07) is 9.68. The van der Waals surface area contributed by atoms with Crippen LogP contribution in [0.15, 0.2) is 50.5 Å². The molecule has 0 aliphatic carbocycles. The summed E-state index contributed by atoms with van der Waals surface area (Å²) in [5, 5.41) is 0. The summed E-state index contributed by atoms with van der Waals surface area (Å²) in [7, 11) is 1.41. The first kappa shape index (κ1) is 21.9. The van der Waals surface area contributed by atoms with Gasteiger partial charge in [0.15, 0.2) is 11.3 Å². The molecule has 0 saturated carbocycles. The molecule has 0 bridgehead atoms. The van der Waals surface area contributed by atoms with Crippen LogP contribution in [0.4, 0.5) is 0 Å². The van der Waals surface area contributed by atoms with Crippen LogP contribution in [0.1, 0.15) is 31.4 Å². The molecule has 8 heteroatoms. The molecule has 3 rings (SSSR count). The van der Waals surface area contributed by atoms with Gasteiger partial charge in [0.1, 0.15) is 6.10 Å². The maximum atomic E-state index is 11.2. The number of aromatic nitrogens is 2. The standard InChI is InChI=1S/C13H18O2.C8H6N2O4/c1-4-13(14)15-11(3)9-12-8-6-5-7-10(12)2;1-13-4-2-3-9-5-6(4)14-8(12)10-7(5)11/h5-8,11H,4,9H2,1-3H3;2-3H,1H3,(H,10,11,12). The number of hydrogen-bond donors (Lipinski definition) is 1. The number of carbonyl (C=O) groups is 1. The van der Waals surface area contributed by atoms with E-state index in [1.807, 2.05) is 31.0 Å². The van der Waals surface area contributed by atoms with Crippen molar-refractivity contribution in [2.75, 3.05) is 7.11 Å². The Morgan fingerprint density at radius 2 is 1.97 bits per heavy atom. The fourth-order valence-corrected chi connectivity index (χ4v) is 2.62. The van der Waals surface area contributed by atoms with Gasteiger partial charge in [-0.05, 0) is 25.0 Å². The van der Waals surface area contributed by atoms with Crippen molar-refractivity contribution in [3.8, 4) is 5.75 Å². The Balaban J connectivity index is 0.000000207. The van der Waals surface area contributed by atoms with E-state index in [1.165, 1.54) is 30.5 Å². The molecule has 2 heterocycles. The minimum atomic E-state index is -0.825. The highest BCUT2D eigenvalue weighted by Crippen LogP contribution is 2.18. The lowest BCUT2D eigenvalue weighted by Gasteiger charge is -2.13. The lowest BCUT2D eigenvalue weighted by atomic mass is 10.0. The Morgan fingerprint density at radius 1 is 1.24 bits per heavy atom. The molecule has 29 heavy (non-hydrogen) atoms. The topological polar surface area (TPSA) is 111 Å². The van der Waals surface area contributed by atoms with Crippen LogP contribution in [0.2, 0.25) is 0 Å². The molecule has 1 unspecified atom stereocenters. The molecular formula is C21H24N2O6. The van der Waals surface area contributed by atoms with Crippen molar-refractivity contribution >= 4 is 17.1 Å². The fourth-order valence-electron chi connectivity index (χ4n) is 2.62. The smallest absolute Gasteiger partial charge is 0.419 e. The molecule has 0 aliphatic rings. The second kappa shape index (κ2) is 10.2. The second-order valence-electron chi connectivity index (χ2n) is 6.32. The number of H-pyrrole nitrogens is 1. The van der Waals surface area contributed by atoms with Crippen molar-refractivity contribution in [1.29, 1.82) is 0 Å². The Kier molecular flexibility index (Phi) is 7.70. The Morgan fingerprint density at radius 3 is 2.62 bits per heavy atom. The van der Waals surface area contributed by atoms with Gasteiger partial charge in [-0.3, -0.25) is 14.6 Å². The van der Waals surface area contributed by atoms with Crippen molar-refractivity contribution in [1.82, 2.24) is 9.97 Å². The van der Waals surface area contributed by atoms with E-state index in [2.05, 4.69) is 24.0 Å². The average Bonchev–Trinajstić information content (AvgIpc) is 2.69. The van der Waals surface area contributed by atoms with E-state index in [-0.39, 0.29) is 23.2 Å². The minimum Gasteiger partial charge on any atom is -0.493 e. The van der Waals surface area contributed by atoms with Crippen LogP contribution in [-0.4, -0.2) is 29.2 Å². The van der Waals surface area contributed by atoms with Crippen LogP contribution in [0.3, 0.4) is 0 Å². The third-order valence-corrected chi connectivity index (χ3v) is 4.10. The maximum absolute atomic E-state index is 11.2. The Bertz CT molecular complexity index is 1090. The fraction of sp³-hybridized carbons (Fsp3) is 0.333. The van der Waals surface area contributed by atoms with Crippen LogP contribution in [0, 0.1) is 6.92 Å². The molecule has 0 amide bonds. The summed E-state index contributed by atoms with van der Waals surface area (Å²) in [5.74, 6) is -0.650. The Labute approximate surface area is 167 Å². The van der Waals surface area contributed by atoms with E-state index in [1.54, 1.807) is 0 Å². The van der Waals surface area contributed by atoms with Gasteiger partial charge in [-0.2, -0.15) is 0 Å². The highest BCUT2D eigenvalue weighted by atomic mass is 16.5. The first-order valence-corrected chi connectivity index (χ1v) is 9.15. The zero-order valence-corrected chi connectivity index (χ0v) is 16.9. The quantitative estimate of drug-likeness (QED) is 0.656. The molecule has 3 aromatic rings. The third-order valence-electron chi connectivity index (χ3n) is 4.10. The highest BCUT2D eigenvalue weighted by molar-refractivity contribution is 5.76. The number of rotatable bonds is 5. The number of nitrogens with one attached hydrogen (secondary N) is 1. The summed E-state index contributed by atoms with van der Waals surface area (Å²) in [4.78, 5) is 38.9. The number of benzene rings is 1. The zero-order valence-electron chi connectivity index (χ0n) is 16.9. The molecule has 154 valence electrons. The summed E-state index contributed by atoms with van der Waals surface area (Å²) < 4.78 is 14.9. The number of nitrogens with zero attached hydrogens (tertiary/aromatic N) is 1. The number of hydrogen-bond acceptors (Lipinski definition) is 7. The predicted molar refractivity (Wildman–Crippen MR) is 108 cm³/mol. The molecule has 0 saturated heterocycles. The molecule has 1 atom stereocenters. The van der Waals surface area contributed by atoms with Crippen LogP contribution in [0.5, 0.6) is 5.75 Å². The van der Waals surface area contributed by atoms with Crippen molar-refractivity contribution < 1.29 is 18.7 Å². The van der Waals surface area contributed by atoms with Crippen LogP contribution >= 0.6 is 0 Å². The molecule has 0 aliphatic heterocycles. The van der Waals surface area contributed by atoms with E-state index in [0.29, 0.717) is 12.2 Å². The van der Waals surface area contributed by atoms with Crippen LogP contribution in [0.25, 0.3) is 11.1 Å². The maximum Gasteiger partial charge on any atom is 0.419 e. The number of fused-ring (bicyclic) bond motifs is 1. The molecule has 0 fully saturated rings. The van der Waals surface area contributed by atoms with Gasteiger partial charge in [-0.1, -0.05) is 31.2 Å². The number of carbonyl (C=O) groups excluding carboxylic acids is 1. The van der Waals surface area contributed by atoms with E-state index in [4.69, 9.17) is 13.9 Å². The van der Waals surface area contributed by atoms with Gasteiger partial charge in [0, 0.05) is 25.1 Å². The van der Waals surface area contributed by atoms with Gasteiger partial charge in [0.25, 0.3) is 5.56 Å². The lowest BCUT2D eigenvalue weighted by Crippen LogP contribution is -2.19. The van der Waals surface area contributed by atoms with Gasteiger partial charge in [-0.15, -0.1) is 0 Å². The van der Waals surface area contributed by atoms with Crippen molar-refractivity contribution in [3.05, 3.63) is 68.6 Å². The van der Waals surface area contributed by atoms with Gasteiger partial charge < -0.3 is 13.9 Å². The zero-order chi connectivity index (χ0) is 21.4. The first-order chi connectivity index (χ1) is 13.8. The molecule has 0 spiro atoms. The lowest BCUT2D eigenvalue weighted by molar-refractivity contribution is -0.147. The summed E-state index contributed by atoms with van der Waals surface area (Å²) in [5.41, 5.74) is 2.01. The molecule has 0 radical (unpaired) electrons. The summed E-state index contributed by atoms with van der Waals surface area (Å²) in [6.45, 7) is 5.81. The molecule has 1 aromatic carbocycles. The second-order valence-corrected chi connectivity index (χ2v) is 6.32. The minimum absolute atomic E-state index is 0.0430. The number of aryl methyl sites for hydroxylation is 1. The van der Waals surface area contributed by atoms with Gasteiger partial charge in [-0.25, -0.2) is 9.78 Å². The molecule has 2 aromatic heterocycles. The number of esters is 1. The normalized spacial score (nSPS) is 11.3. The number of methoxy groups -OCH3 is 1. The highest BCUT2D eigenvalue weighted by Gasteiger charge is 2.10. The van der Waals surface area contributed by atoms with Crippen molar-refractivity contribution in [3.63, 3.8) is 0 Å². The number of aromatic amines is 1. The number of pyridine rings is 1. The largest absolute Gasteiger partial charge is 0.493 e. The van der Waals surface area contributed by atoms with Crippen molar-refractivity contribution in [2.45, 2.75) is 39.7 Å². The molecule has 1 N–H and O–H groups in total. The molecular weight excluding hydrogens is 376 g/mol. The van der Waals surface area contributed by atoms with Crippen LogP contribution in [-0.2, 0) is 16.0 Å². The predicted octanol–water partition coefficient (Wildman–Crippen LogP) is 2.76. The monoisotopic (exact) mass is 400 g/mol. The van der Waals surface area contributed by atoms with E-state index in [0.717, 1.165) is 6.42 Å². The van der Waals surface area contributed by atoms with E-state index < -0.39 is 11.3 Å². The van der Waals surface area contributed by atoms with Gasteiger partial charge in [0.2, 0.25) is 5.58 Å². The van der Waals surface area contributed by atoms with Crippen molar-refractivity contribution in [2.24, 2.45) is 0 Å². The van der Waals surface area contributed by atoms with E-state index >= 15 is 0 Å². The first-order valence-electron chi connectivity index (χ1n) is 9.15. The van der Waals surface area contributed by atoms with Gasteiger partial charge in [0.05, 0.1) is 7.11 Å². The van der Waals surface area contributed by atoms with Gasteiger partial charge >= 0.3 is 11.7 Å². The molecule has 8 nitrogen and oxygen atoms in total. The summed E-state index contributed by atoms with van der Waals surface area (Å²) in [6.07, 6.45) is 2.59. The Hall–Kier alpha value is -3.42. The number of ether oxygens (including phenoxy) is 2. The summed E-state index contributed by atoms with van der Waals surface area (Å²) >= 11 is 0.